The van der Waals surface area contributed by atoms with Crippen molar-refractivity contribution in [1.29, 1.82) is 0 Å². The number of benzene rings is 1. The summed E-state index contributed by atoms with van der Waals surface area (Å²) in [7, 11) is 0. The first kappa shape index (κ1) is 9.46. The van der Waals surface area contributed by atoms with E-state index in [0.29, 0.717) is 0 Å². The van der Waals surface area contributed by atoms with Gasteiger partial charge in [0, 0.05) is 12.0 Å². The SMILES string of the molecule is CCc1ccoc1C1=Cc2ccccc2[CH]1. The van der Waals surface area contributed by atoms with Crippen molar-refractivity contribution in [2.45, 2.75) is 13.3 Å². The smallest absolute Gasteiger partial charge is 0.133 e. The van der Waals surface area contributed by atoms with E-state index in [1.807, 2.05) is 6.07 Å². The molecule has 1 radical (unpaired) electrons. The lowest BCUT2D eigenvalue weighted by Crippen LogP contribution is -1.85. The highest BCUT2D eigenvalue weighted by molar-refractivity contribution is 5.93. The molecule has 2 aromatic rings. The summed E-state index contributed by atoms with van der Waals surface area (Å²) in [4.78, 5) is 0. The molecule has 0 aliphatic heterocycles. The Morgan fingerprint density at radius 2 is 1.88 bits per heavy atom. The Morgan fingerprint density at radius 3 is 2.62 bits per heavy atom. The van der Waals surface area contributed by atoms with Crippen LogP contribution < -0.4 is 0 Å². The molecule has 1 heteroatoms. The summed E-state index contributed by atoms with van der Waals surface area (Å²) in [6.07, 6.45) is 7.15. The highest BCUT2D eigenvalue weighted by Gasteiger charge is 2.18. The highest BCUT2D eigenvalue weighted by Crippen LogP contribution is 2.34. The van der Waals surface area contributed by atoms with Gasteiger partial charge >= 0.3 is 0 Å². The van der Waals surface area contributed by atoms with Crippen LogP contribution in [0.4, 0.5) is 0 Å². The van der Waals surface area contributed by atoms with Gasteiger partial charge in [0.25, 0.3) is 0 Å². The Kier molecular flexibility index (Phi) is 2.17. The highest BCUT2D eigenvalue weighted by atomic mass is 16.3. The van der Waals surface area contributed by atoms with Gasteiger partial charge < -0.3 is 4.42 Å². The van der Waals surface area contributed by atoms with Crippen LogP contribution in [0.5, 0.6) is 0 Å². The molecular formula is C15H13O. The van der Waals surface area contributed by atoms with Gasteiger partial charge in [-0.2, -0.15) is 0 Å². The quantitative estimate of drug-likeness (QED) is 0.730. The fourth-order valence-corrected chi connectivity index (χ4v) is 2.15. The van der Waals surface area contributed by atoms with Crippen LogP contribution in [-0.4, -0.2) is 0 Å². The lowest BCUT2D eigenvalue weighted by atomic mass is 10.1. The van der Waals surface area contributed by atoms with Gasteiger partial charge in [-0.1, -0.05) is 31.2 Å². The monoisotopic (exact) mass is 209 g/mol. The molecule has 79 valence electrons. The van der Waals surface area contributed by atoms with Crippen molar-refractivity contribution >= 4 is 11.6 Å². The zero-order valence-corrected chi connectivity index (χ0v) is 9.23. The number of hydrogen-bond donors (Lipinski definition) is 0. The second kappa shape index (κ2) is 3.67. The van der Waals surface area contributed by atoms with Crippen molar-refractivity contribution in [3.05, 3.63) is 65.5 Å². The summed E-state index contributed by atoms with van der Waals surface area (Å²) >= 11 is 0. The molecule has 1 aliphatic carbocycles. The summed E-state index contributed by atoms with van der Waals surface area (Å²) in [5.41, 5.74) is 5.00. The molecule has 0 N–H and O–H groups in total. The van der Waals surface area contributed by atoms with Crippen LogP contribution in [0, 0.1) is 6.42 Å². The maximum Gasteiger partial charge on any atom is 0.133 e. The van der Waals surface area contributed by atoms with Gasteiger partial charge in [0.15, 0.2) is 0 Å². The van der Waals surface area contributed by atoms with E-state index in [1.165, 1.54) is 22.3 Å². The second-order valence-electron chi connectivity index (χ2n) is 4.00. The molecule has 0 fully saturated rings. The molecule has 0 amide bonds. The van der Waals surface area contributed by atoms with Gasteiger partial charge in [-0.15, -0.1) is 0 Å². The van der Waals surface area contributed by atoms with E-state index in [-0.39, 0.29) is 0 Å². The normalized spacial score (nSPS) is 13.7. The fourth-order valence-electron chi connectivity index (χ4n) is 2.15. The number of aryl methyl sites for hydroxylation is 1. The van der Waals surface area contributed by atoms with Crippen molar-refractivity contribution in [1.82, 2.24) is 0 Å². The molecule has 1 nitrogen and oxygen atoms in total. The summed E-state index contributed by atoms with van der Waals surface area (Å²) in [6.45, 7) is 2.15. The summed E-state index contributed by atoms with van der Waals surface area (Å²) in [6, 6.07) is 10.4. The van der Waals surface area contributed by atoms with Crippen LogP contribution in [-0.2, 0) is 6.42 Å². The zero-order chi connectivity index (χ0) is 11.0. The van der Waals surface area contributed by atoms with Crippen molar-refractivity contribution in [3.8, 4) is 0 Å². The molecule has 1 aliphatic rings. The van der Waals surface area contributed by atoms with Gasteiger partial charge in [-0.3, -0.25) is 0 Å². The van der Waals surface area contributed by atoms with E-state index in [4.69, 9.17) is 4.42 Å². The third-order valence-electron chi connectivity index (χ3n) is 3.01. The molecule has 1 aromatic carbocycles. The first-order valence-electron chi connectivity index (χ1n) is 5.60. The van der Waals surface area contributed by atoms with Gasteiger partial charge in [0.05, 0.1) is 6.26 Å². The van der Waals surface area contributed by atoms with Crippen LogP contribution in [0.15, 0.2) is 41.0 Å². The van der Waals surface area contributed by atoms with Crippen molar-refractivity contribution in [2.24, 2.45) is 0 Å². The summed E-state index contributed by atoms with van der Waals surface area (Å²) in [5.74, 6) is 1.01. The third-order valence-corrected chi connectivity index (χ3v) is 3.01. The van der Waals surface area contributed by atoms with Gasteiger partial charge in [0.2, 0.25) is 0 Å². The molecule has 0 saturated heterocycles. The van der Waals surface area contributed by atoms with Crippen molar-refractivity contribution < 1.29 is 4.42 Å². The van der Waals surface area contributed by atoms with E-state index in [9.17, 15) is 0 Å². The van der Waals surface area contributed by atoms with Crippen molar-refractivity contribution in [3.63, 3.8) is 0 Å². The first-order chi connectivity index (χ1) is 7.88. The average molecular weight is 209 g/mol. The zero-order valence-electron chi connectivity index (χ0n) is 9.23. The van der Waals surface area contributed by atoms with Crippen LogP contribution >= 0.6 is 0 Å². The molecule has 0 saturated carbocycles. The number of furan rings is 1. The lowest BCUT2D eigenvalue weighted by Gasteiger charge is -2.00. The number of allylic oxidation sites excluding steroid dienone is 1. The fraction of sp³-hybridized carbons (Fsp3) is 0.133. The van der Waals surface area contributed by atoms with Gasteiger partial charge in [-0.05, 0) is 35.3 Å². The standard InChI is InChI=1S/C15H13O/c1-2-11-7-8-16-15(11)14-9-12-5-3-4-6-13(12)10-14/h3-10H,2H2,1H3. The van der Waals surface area contributed by atoms with Crippen LogP contribution in [0.1, 0.15) is 29.4 Å². The van der Waals surface area contributed by atoms with Crippen LogP contribution in [0.25, 0.3) is 11.6 Å². The molecule has 0 bridgehead atoms. The maximum absolute atomic E-state index is 5.57. The molecule has 3 rings (SSSR count). The summed E-state index contributed by atoms with van der Waals surface area (Å²) < 4.78 is 5.57. The minimum atomic E-state index is 1.01. The summed E-state index contributed by atoms with van der Waals surface area (Å²) in [5, 5.41) is 0. The Morgan fingerprint density at radius 1 is 1.06 bits per heavy atom. The molecule has 0 spiro atoms. The molecule has 16 heavy (non-hydrogen) atoms. The first-order valence-corrected chi connectivity index (χ1v) is 5.60. The van der Waals surface area contributed by atoms with E-state index in [0.717, 1.165) is 12.2 Å². The Labute approximate surface area is 95.4 Å². The predicted molar refractivity (Wildman–Crippen MR) is 65.8 cm³/mol. The molecular weight excluding hydrogens is 196 g/mol. The predicted octanol–water partition coefficient (Wildman–Crippen LogP) is 3.95. The van der Waals surface area contributed by atoms with Gasteiger partial charge in [0.1, 0.15) is 5.76 Å². The maximum atomic E-state index is 5.57. The average Bonchev–Trinajstić information content (AvgIpc) is 2.94. The second-order valence-corrected chi connectivity index (χ2v) is 4.00. The Bertz CT molecular complexity index is 546. The molecule has 0 unspecified atom stereocenters. The van der Waals surface area contributed by atoms with E-state index in [1.54, 1.807) is 6.26 Å². The largest absolute Gasteiger partial charge is 0.464 e. The molecule has 1 aromatic heterocycles. The minimum absolute atomic E-state index is 1.01. The number of rotatable bonds is 2. The lowest BCUT2D eigenvalue weighted by molar-refractivity contribution is 0.550. The van der Waals surface area contributed by atoms with Crippen LogP contribution in [0.3, 0.4) is 0 Å². The van der Waals surface area contributed by atoms with Gasteiger partial charge in [-0.25, -0.2) is 0 Å². The number of hydrogen-bond acceptors (Lipinski definition) is 1. The van der Waals surface area contributed by atoms with E-state index in [2.05, 4.69) is 43.7 Å². The molecule has 0 atom stereocenters. The Balaban J connectivity index is 2.01. The van der Waals surface area contributed by atoms with E-state index >= 15 is 0 Å². The van der Waals surface area contributed by atoms with E-state index < -0.39 is 0 Å². The minimum Gasteiger partial charge on any atom is -0.464 e. The van der Waals surface area contributed by atoms with Crippen LogP contribution in [0.2, 0.25) is 0 Å². The Hall–Kier alpha value is -1.76. The third kappa shape index (κ3) is 1.40. The number of fused-ring (bicyclic) bond motifs is 1. The van der Waals surface area contributed by atoms with Crippen molar-refractivity contribution in [2.75, 3.05) is 0 Å². The topological polar surface area (TPSA) is 13.1 Å². The molecule has 1 heterocycles.